The molecule has 0 spiro atoms. The minimum atomic E-state index is -0.412. The van der Waals surface area contributed by atoms with Crippen LogP contribution in [0.4, 0.5) is 16.3 Å². The van der Waals surface area contributed by atoms with Gasteiger partial charge in [0.25, 0.3) is 0 Å². The summed E-state index contributed by atoms with van der Waals surface area (Å²) in [5, 5.41) is 11.3. The molecule has 2 aromatic carbocycles. The standard InChI is InChI=1S/C27H33Cl2N5O2/c1-6-7-14-33(26(36)30-22-13-10-19(28)15-21(22)29)17-25(35)31-24-16-23(27(3,4)5)32-34(24)20-11-8-18(2)9-12-20/h8-13,15-16H,6-7,14,17H2,1-5H3,(H,30,36)(H,31,35). The smallest absolute Gasteiger partial charge is 0.315 e. The van der Waals surface area contributed by atoms with Crippen molar-refractivity contribution in [1.29, 1.82) is 0 Å². The second kappa shape index (κ2) is 11.8. The van der Waals surface area contributed by atoms with E-state index in [0.29, 0.717) is 28.1 Å². The van der Waals surface area contributed by atoms with Gasteiger partial charge < -0.3 is 15.5 Å². The summed E-state index contributed by atoms with van der Waals surface area (Å²) in [6.45, 7) is 10.5. The minimum absolute atomic E-state index is 0.124. The van der Waals surface area contributed by atoms with Crippen molar-refractivity contribution in [3.8, 4) is 5.69 Å². The number of carbonyl (C=O) groups is 2. The average Bonchev–Trinajstić information content (AvgIpc) is 3.23. The predicted octanol–water partition coefficient (Wildman–Crippen LogP) is 7.06. The number of amides is 3. The quantitative estimate of drug-likeness (QED) is 0.327. The molecule has 0 saturated heterocycles. The van der Waals surface area contributed by atoms with Gasteiger partial charge in [0.05, 0.1) is 22.1 Å². The van der Waals surface area contributed by atoms with Crippen molar-refractivity contribution in [3.63, 3.8) is 0 Å². The van der Waals surface area contributed by atoms with Gasteiger partial charge in [0.1, 0.15) is 12.4 Å². The molecular formula is C27H33Cl2N5O2. The summed E-state index contributed by atoms with van der Waals surface area (Å²) in [5.74, 6) is 0.225. The monoisotopic (exact) mass is 529 g/mol. The lowest BCUT2D eigenvalue weighted by atomic mass is 9.92. The third-order valence-electron chi connectivity index (χ3n) is 5.60. The summed E-state index contributed by atoms with van der Waals surface area (Å²) in [6, 6.07) is 14.2. The third kappa shape index (κ3) is 7.24. The van der Waals surface area contributed by atoms with Crippen LogP contribution in [-0.2, 0) is 10.2 Å². The number of aromatic nitrogens is 2. The predicted molar refractivity (Wildman–Crippen MR) is 148 cm³/mol. The Hall–Kier alpha value is -3.03. The first kappa shape index (κ1) is 27.6. The Morgan fingerprint density at radius 3 is 2.33 bits per heavy atom. The Labute approximate surface area is 222 Å². The number of unbranched alkanes of at least 4 members (excludes halogenated alkanes) is 1. The highest BCUT2D eigenvalue weighted by atomic mass is 35.5. The summed E-state index contributed by atoms with van der Waals surface area (Å²) in [4.78, 5) is 27.6. The van der Waals surface area contributed by atoms with E-state index in [0.717, 1.165) is 29.8 Å². The van der Waals surface area contributed by atoms with Crippen LogP contribution >= 0.6 is 23.2 Å². The van der Waals surface area contributed by atoms with Gasteiger partial charge in [-0.2, -0.15) is 5.10 Å². The van der Waals surface area contributed by atoms with E-state index < -0.39 is 6.03 Å². The van der Waals surface area contributed by atoms with Gasteiger partial charge in [0.2, 0.25) is 5.91 Å². The molecule has 36 heavy (non-hydrogen) atoms. The largest absolute Gasteiger partial charge is 0.322 e. The topological polar surface area (TPSA) is 79.3 Å². The first-order chi connectivity index (χ1) is 17.0. The molecule has 3 amide bonds. The minimum Gasteiger partial charge on any atom is -0.315 e. The fourth-order valence-electron chi connectivity index (χ4n) is 3.46. The Morgan fingerprint density at radius 1 is 1.03 bits per heavy atom. The molecule has 1 aromatic heterocycles. The molecule has 0 saturated carbocycles. The number of hydrogen-bond donors (Lipinski definition) is 2. The summed E-state index contributed by atoms with van der Waals surface area (Å²) < 4.78 is 1.72. The second-order valence-electron chi connectivity index (χ2n) is 9.79. The summed E-state index contributed by atoms with van der Waals surface area (Å²) in [7, 11) is 0. The summed E-state index contributed by atoms with van der Waals surface area (Å²) >= 11 is 12.2. The van der Waals surface area contributed by atoms with Gasteiger partial charge in [-0.15, -0.1) is 0 Å². The van der Waals surface area contributed by atoms with Crippen LogP contribution in [-0.4, -0.2) is 39.7 Å². The summed E-state index contributed by atoms with van der Waals surface area (Å²) in [6.07, 6.45) is 1.63. The lowest BCUT2D eigenvalue weighted by Gasteiger charge is -2.23. The zero-order chi connectivity index (χ0) is 26.5. The van der Waals surface area contributed by atoms with Gasteiger partial charge in [-0.3, -0.25) is 4.79 Å². The van der Waals surface area contributed by atoms with Crippen LogP contribution in [0.15, 0.2) is 48.5 Å². The first-order valence-corrected chi connectivity index (χ1v) is 12.7. The Balaban J connectivity index is 1.81. The van der Waals surface area contributed by atoms with Gasteiger partial charge >= 0.3 is 6.03 Å². The molecule has 2 N–H and O–H groups in total. The molecule has 192 valence electrons. The van der Waals surface area contributed by atoms with E-state index in [1.807, 2.05) is 44.2 Å². The zero-order valence-corrected chi connectivity index (χ0v) is 22.9. The molecule has 0 fully saturated rings. The van der Waals surface area contributed by atoms with Gasteiger partial charge in [-0.05, 0) is 43.7 Å². The van der Waals surface area contributed by atoms with Crippen molar-refractivity contribution in [2.24, 2.45) is 0 Å². The van der Waals surface area contributed by atoms with Crippen LogP contribution in [0.25, 0.3) is 5.69 Å². The number of benzene rings is 2. The molecule has 0 bridgehead atoms. The van der Waals surface area contributed by atoms with E-state index in [2.05, 4.69) is 31.4 Å². The number of rotatable bonds is 8. The number of halogens is 2. The van der Waals surface area contributed by atoms with Crippen LogP contribution < -0.4 is 10.6 Å². The highest BCUT2D eigenvalue weighted by Crippen LogP contribution is 2.27. The molecule has 0 aliphatic heterocycles. The number of nitrogens with one attached hydrogen (secondary N) is 2. The van der Waals surface area contributed by atoms with E-state index in [-0.39, 0.29) is 17.9 Å². The average molecular weight is 531 g/mol. The van der Waals surface area contributed by atoms with E-state index in [4.69, 9.17) is 28.3 Å². The van der Waals surface area contributed by atoms with Crippen molar-refractivity contribution in [2.45, 2.75) is 52.9 Å². The molecule has 3 rings (SSSR count). The Morgan fingerprint density at radius 2 is 1.72 bits per heavy atom. The van der Waals surface area contributed by atoms with Crippen molar-refractivity contribution in [2.75, 3.05) is 23.7 Å². The molecule has 0 atom stereocenters. The maximum Gasteiger partial charge on any atom is 0.322 e. The highest BCUT2D eigenvalue weighted by molar-refractivity contribution is 6.36. The Kier molecular flexibility index (Phi) is 9.03. The normalized spacial score (nSPS) is 11.3. The van der Waals surface area contributed by atoms with E-state index >= 15 is 0 Å². The SMILES string of the molecule is CCCCN(CC(=O)Nc1cc(C(C)(C)C)nn1-c1ccc(C)cc1)C(=O)Nc1ccc(Cl)cc1Cl. The van der Waals surface area contributed by atoms with Crippen molar-refractivity contribution in [3.05, 3.63) is 69.8 Å². The molecule has 0 aliphatic carbocycles. The fraction of sp³-hybridized carbons (Fsp3) is 0.370. The van der Waals surface area contributed by atoms with Gasteiger partial charge in [0.15, 0.2) is 0 Å². The Bertz CT molecular complexity index is 1220. The zero-order valence-electron chi connectivity index (χ0n) is 21.4. The number of carbonyl (C=O) groups excluding carboxylic acids is 2. The van der Waals surface area contributed by atoms with Crippen molar-refractivity contribution < 1.29 is 9.59 Å². The van der Waals surface area contributed by atoms with Crippen LogP contribution in [0.1, 0.15) is 51.8 Å². The molecule has 0 radical (unpaired) electrons. The molecule has 3 aromatic rings. The molecule has 1 heterocycles. The van der Waals surface area contributed by atoms with Crippen molar-refractivity contribution >= 4 is 46.6 Å². The van der Waals surface area contributed by atoms with E-state index in [1.165, 1.54) is 4.90 Å². The van der Waals surface area contributed by atoms with Crippen LogP contribution in [0.2, 0.25) is 10.0 Å². The number of urea groups is 1. The first-order valence-electron chi connectivity index (χ1n) is 12.0. The molecule has 7 nitrogen and oxygen atoms in total. The number of hydrogen-bond acceptors (Lipinski definition) is 3. The van der Waals surface area contributed by atoms with Gasteiger partial charge in [0, 0.05) is 23.0 Å². The van der Waals surface area contributed by atoms with Gasteiger partial charge in [-0.25, -0.2) is 9.48 Å². The lowest BCUT2D eigenvalue weighted by molar-refractivity contribution is -0.116. The lowest BCUT2D eigenvalue weighted by Crippen LogP contribution is -2.41. The maximum atomic E-state index is 13.1. The second-order valence-corrected chi connectivity index (χ2v) is 10.6. The van der Waals surface area contributed by atoms with E-state index in [1.54, 1.807) is 22.9 Å². The molecule has 9 heteroatoms. The van der Waals surface area contributed by atoms with E-state index in [9.17, 15) is 9.59 Å². The van der Waals surface area contributed by atoms with Crippen LogP contribution in [0.5, 0.6) is 0 Å². The molecule has 0 aliphatic rings. The fourth-order valence-corrected chi connectivity index (χ4v) is 3.92. The maximum absolute atomic E-state index is 13.1. The van der Waals surface area contributed by atoms with Crippen LogP contribution in [0, 0.1) is 6.92 Å². The third-order valence-corrected chi connectivity index (χ3v) is 6.15. The summed E-state index contributed by atoms with van der Waals surface area (Å²) in [5.41, 5.74) is 3.03. The molecule has 0 unspecified atom stereocenters. The number of aryl methyl sites for hydroxylation is 1. The van der Waals surface area contributed by atoms with Crippen molar-refractivity contribution in [1.82, 2.24) is 14.7 Å². The highest BCUT2D eigenvalue weighted by Gasteiger charge is 2.23. The van der Waals surface area contributed by atoms with Gasteiger partial charge in [-0.1, -0.05) is 75.0 Å². The number of nitrogens with zero attached hydrogens (tertiary/aromatic N) is 3. The number of anilines is 2. The van der Waals surface area contributed by atoms with Crippen LogP contribution in [0.3, 0.4) is 0 Å². The molecular weight excluding hydrogens is 497 g/mol.